The molecule has 1 aliphatic heterocycles. The Morgan fingerprint density at radius 1 is 1.06 bits per heavy atom. The molecule has 35 heavy (non-hydrogen) atoms. The van der Waals surface area contributed by atoms with E-state index in [9.17, 15) is 9.59 Å². The normalized spacial score (nSPS) is 15.4. The van der Waals surface area contributed by atoms with E-state index in [2.05, 4.69) is 5.32 Å². The molecule has 3 aromatic rings. The Hall–Kier alpha value is -3.42. The van der Waals surface area contributed by atoms with Crippen LogP contribution in [0.2, 0.25) is 5.02 Å². The van der Waals surface area contributed by atoms with Gasteiger partial charge in [-0.25, -0.2) is 0 Å². The fourth-order valence-electron chi connectivity index (χ4n) is 4.02. The Kier molecular flexibility index (Phi) is 8.00. The maximum atomic E-state index is 13.5. The lowest BCUT2D eigenvalue weighted by Gasteiger charge is -2.24. The van der Waals surface area contributed by atoms with Crippen molar-refractivity contribution in [3.8, 4) is 5.75 Å². The quantitative estimate of drug-likeness (QED) is 0.397. The molecule has 1 N–H and O–H groups in total. The summed E-state index contributed by atoms with van der Waals surface area (Å²) in [6.07, 6.45) is 0.659. The number of nitrogens with zero attached hydrogens (tertiary/aromatic N) is 2. The van der Waals surface area contributed by atoms with Crippen molar-refractivity contribution in [2.45, 2.75) is 25.8 Å². The first-order valence-electron chi connectivity index (χ1n) is 11.4. The van der Waals surface area contributed by atoms with Crippen molar-refractivity contribution in [2.24, 2.45) is 0 Å². The van der Waals surface area contributed by atoms with Crippen molar-refractivity contribution in [3.05, 3.63) is 89.4 Å². The number of hydrogen-bond donors (Lipinski definition) is 1. The molecule has 180 valence electrons. The molecule has 0 bridgehead atoms. The smallest absolute Gasteiger partial charge is 0.256 e. The number of carbonyl (C=O) groups is 2. The molecule has 4 rings (SSSR count). The number of anilines is 2. The highest BCUT2D eigenvalue weighted by atomic mass is 35.5. The van der Waals surface area contributed by atoms with Gasteiger partial charge in [0, 0.05) is 17.3 Å². The van der Waals surface area contributed by atoms with Crippen molar-refractivity contribution in [3.63, 3.8) is 0 Å². The van der Waals surface area contributed by atoms with E-state index < -0.39 is 6.04 Å². The highest BCUT2D eigenvalue weighted by Gasteiger charge is 2.43. The summed E-state index contributed by atoms with van der Waals surface area (Å²) < 4.78 is 5.45. The van der Waals surface area contributed by atoms with E-state index in [-0.39, 0.29) is 18.2 Å². The second-order valence-electron chi connectivity index (χ2n) is 8.09. The van der Waals surface area contributed by atoms with Crippen LogP contribution in [0.4, 0.5) is 11.4 Å². The zero-order chi connectivity index (χ0) is 24.8. The van der Waals surface area contributed by atoms with Gasteiger partial charge in [-0.3, -0.25) is 14.5 Å². The molecular weight excluding hydrogens is 482 g/mol. The molecule has 6 nitrogen and oxygen atoms in total. The van der Waals surface area contributed by atoms with Crippen LogP contribution in [0, 0.1) is 0 Å². The number of nitrogens with one attached hydrogen (secondary N) is 1. The first-order chi connectivity index (χ1) is 17.0. The van der Waals surface area contributed by atoms with Crippen molar-refractivity contribution >= 4 is 52.1 Å². The number of hydrogen-bond acceptors (Lipinski definition) is 4. The summed E-state index contributed by atoms with van der Waals surface area (Å²) >= 11 is 11.9. The molecule has 1 saturated heterocycles. The third-order valence-electron chi connectivity index (χ3n) is 5.70. The van der Waals surface area contributed by atoms with Gasteiger partial charge in [0.2, 0.25) is 5.91 Å². The van der Waals surface area contributed by atoms with E-state index >= 15 is 0 Å². The highest BCUT2D eigenvalue weighted by molar-refractivity contribution is 7.80. The fourth-order valence-corrected chi connectivity index (χ4v) is 4.62. The second kappa shape index (κ2) is 11.3. The summed E-state index contributed by atoms with van der Waals surface area (Å²) in [7, 11) is 0. The monoisotopic (exact) mass is 507 g/mol. The van der Waals surface area contributed by atoms with E-state index in [4.69, 9.17) is 28.6 Å². The number of thiocarbonyl (C=S) groups is 1. The van der Waals surface area contributed by atoms with Crippen LogP contribution in [-0.4, -0.2) is 41.0 Å². The first kappa shape index (κ1) is 24.7. The van der Waals surface area contributed by atoms with Crippen LogP contribution in [0.15, 0.2) is 78.9 Å². The molecule has 0 saturated carbocycles. The summed E-state index contributed by atoms with van der Waals surface area (Å²) in [5.74, 6) is 0.214. The number of amides is 2. The second-order valence-corrected chi connectivity index (χ2v) is 8.89. The Morgan fingerprint density at radius 3 is 2.49 bits per heavy atom. The van der Waals surface area contributed by atoms with Crippen LogP contribution >= 0.6 is 23.8 Å². The van der Waals surface area contributed by atoms with Gasteiger partial charge in [-0.05, 0) is 73.6 Å². The van der Waals surface area contributed by atoms with Crippen molar-refractivity contribution in [1.82, 2.24) is 4.90 Å². The third-order valence-corrected chi connectivity index (χ3v) is 6.35. The Morgan fingerprint density at radius 2 is 1.80 bits per heavy atom. The average Bonchev–Trinajstić information content (AvgIpc) is 3.08. The topological polar surface area (TPSA) is 61.9 Å². The number of ether oxygens (including phenoxy) is 1. The molecule has 3 aromatic carbocycles. The standard InChI is InChI=1S/C27H26ClN3O3S/c1-2-34-23-13-11-21(12-14-23)29-25(32)18-24-26(33)31(22-10-6-9-20(28)17-22)27(35)30(24)16-15-19-7-4-3-5-8-19/h3-14,17,24H,2,15-16,18H2,1H3,(H,29,32). The molecule has 0 aliphatic carbocycles. The molecule has 1 heterocycles. The Balaban J connectivity index is 1.52. The largest absolute Gasteiger partial charge is 0.494 e. The lowest BCUT2D eigenvalue weighted by Crippen LogP contribution is -2.39. The maximum absolute atomic E-state index is 13.5. The summed E-state index contributed by atoms with van der Waals surface area (Å²) in [6.45, 7) is 2.99. The summed E-state index contributed by atoms with van der Waals surface area (Å²) in [5, 5.41) is 3.75. The van der Waals surface area contributed by atoms with Crippen molar-refractivity contribution in [2.75, 3.05) is 23.4 Å². The van der Waals surface area contributed by atoms with Crippen LogP contribution < -0.4 is 15.0 Å². The van der Waals surface area contributed by atoms with Crippen LogP contribution in [0.5, 0.6) is 5.75 Å². The van der Waals surface area contributed by atoms with Crippen LogP contribution in [-0.2, 0) is 16.0 Å². The van der Waals surface area contributed by atoms with Gasteiger partial charge in [-0.15, -0.1) is 0 Å². The molecule has 1 fully saturated rings. The molecule has 8 heteroatoms. The molecule has 1 atom stereocenters. The van der Waals surface area contributed by atoms with Gasteiger partial charge in [0.1, 0.15) is 11.8 Å². The predicted molar refractivity (Wildman–Crippen MR) is 143 cm³/mol. The van der Waals surface area contributed by atoms with Crippen molar-refractivity contribution < 1.29 is 14.3 Å². The van der Waals surface area contributed by atoms with E-state index in [0.29, 0.717) is 41.1 Å². The van der Waals surface area contributed by atoms with E-state index in [1.165, 1.54) is 4.90 Å². The first-order valence-corrected chi connectivity index (χ1v) is 12.2. The lowest BCUT2D eigenvalue weighted by molar-refractivity contribution is -0.124. The summed E-state index contributed by atoms with van der Waals surface area (Å²) in [4.78, 5) is 29.8. The molecule has 1 aliphatic rings. The van der Waals surface area contributed by atoms with Gasteiger partial charge in [-0.1, -0.05) is 48.0 Å². The summed E-state index contributed by atoms with van der Waals surface area (Å²) in [6, 6.07) is 23.4. The predicted octanol–water partition coefficient (Wildman–Crippen LogP) is 5.31. The molecule has 2 amide bonds. The zero-order valence-electron chi connectivity index (χ0n) is 19.3. The Bertz CT molecular complexity index is 1200. The van der Waals surface area contributed by atoms with E-state index in [0.717, 1.165) is 11.3 Å². The molecule has 1 unspecified atom stereocenters. The van der Waals surface area contributed by atoms with Crippen molar-refractivity contribution in [1.29, 1.82) is 0 Å². The zero-order valence-corrected chi connectivity index (χ0v) is 20.9. The highest BCUT2D eigenvalue weighted by Crippen LogP contribution is 2.29. The number of halogens is 1. The van der Waals surface area contributed by atoms with Gasteiger partial charge < -0.3 is 15.0 Å². The van der Waals surface area contributed by atoms with Crippen LogP contribution in [0.3, 0.4) is 0 Å². The maximum Gasteiger partial charge on any atom is 0.256 e. The van der Waals surface area contributed by atoms with Crippen LogP contribution in [0.25, 0.3) is 0 Å². The Labute approximate surface area is 215 Å². The minimum atomic E-state index is -0.715. The number of rotatable bonds is 9. The summed E-state index contributed by atoms with van der Waals surface area (Å²) in [5.41, 5.74) is 2.35. The SMILES string of the molecule is CCOc1ccc(NC(=O)CC2C(=O)N(c3cccc(Cl)c3)C(=S)N2CCc2ccccc2)cc1. The molecular formula is C27H26ClN3O3S. The lowest BCUT2D eigenvalue weighted by atomic mass is 10.1. The average molecular weight is 508 g/mol. The van der Waals surface area contributed by atoms with Gasteiger partial charge in [0.15, 0.2) is 5.11 Å². The number of benzene rings is 3. The van der Waals surface area contributed by atoms with Gasteiger partial charge in [0.05, 0.1) is 18.7 Å². The molecule has 0 spiro atoms. The van der Waals surface area contributed by atoms with E-state index in [1.54, 1.807) is 48.5 Å². The fraction of sp³-hybridized carbons (Fsp3) is 0.222. The third kappa shape index (κ3) is 5.99. The van der Waals surface area contributed by atoms with Gasteiger partial charge in [0.25, 0.3) is 5.91 Å². The van der Waals surface area contributed by atoms with Gasteiger partial charge >= 0.3 is 0 Å². The minimum absolute atomic E-state index is 0.0297. The van der Waals surface area contributed by atoms with E-state index in [1.807, 2.05) is 42.2 Å². The molecule has 0 radical (unpaired) electrons. The van der Waals surface area contributed by atoms with Crippen LogP contribution in [0.1, 0.15) is 18.9 Å². The molecule has 0 aromatic heterocycles. The minimum Gasteiger partial charge on any atom is -0.494 e. The number of carbonyl (C=O) groups excluding carboxylic acids is 2. The van der Waals surface area contributed by atoms with Gasteiger partial charge in [-0.2, -0.15) is 0 Å².